The van der Waals surface area contributed by atoms with Crippen molar-refractivity contribution in [3.8, 4) is 0 Å². The molecule has 0 bridgehead atoms. The summed E-state index contributed by atoms with van der Waals surface area (Å²) in [5.41, 5.74) is 0.0122. The van der Waals surface area contributed by atoms with Crippen molar-refractivity contribution in [2.75, 3.05) is 12.4 Å². The van der Waals surface area contributed by atoms with E-state index in [1.165, 1.54) is 0 Å². The Bertz CT molecular complexity index is 587. The lowest BCUT2D eigenvalue weighted by molar-refractivity contribution is 0.0304. The van der Waals surface area contributed by atoms with Gasteiger partial charge >= 0.3 is 0 Å². The van der Waals surface area contributed by atoms with E-state index in [1.54, 1.807) is 0 Å². The van der Waals surface area contributed by atoms with Crippen LogP contribution in [0.25, 0.3) is 0 Å². The van der Waals surface area contributed by atoms with Gasteiger partial charge in [0.25, 0.3) is 5.91 Å². The van der Waals surface area contributed by atoms with Crippen LogP contribution in [0.1, 0.15) is 55.3 Å². The first-order chi connectivity index (χ1) is 9.89. The number of carbonyl (C=O) groups excluding carboxylic acids is 1. The lowest BCUT2D eigenvalue weighted by Crippen LogP contribution is -2.38. The molecule has 2 heterocycles. The molecule has 1 aliphatic rings. The normalized spacial score (nSPS) is 19.7. The minimum atomic E-state index is -3.76. The minimum absolute atomic E-state index is 0.0122. The highest BCUT2D eigenvalue weighted by atomic mass is 32.2. The van der Waals surface area contributed by atoms with Gasteiger partial charge in [0.2, 0.25) is 10.0 Å². The summed E-state index contributed by atoms with van der Waals surface area (Å²) in [7, 11) is -3.76. The molecule has 0 aliphatic carbocycles. The highest BCUT2D eigenvalue weighted by molar-refractivity contribution is 7.90. The molecule has 0 aromatic carbocycles. The summed E-state index contributed by atoms with van der Waals surface area (Å²) in [6.45, 7) is 4.23. The van der Waals surface area contributed by atoms with Crippen LogP contribution in [0.3, 0.4) is 0 Å². The Labute approximate surface area is 124 Å². The van der Waals surface area contributed by atoms with E-state index in [-0.39, 0.29) is 23.5 Å². The molecule has 1 amide bonds. The summed E-state index contributed by atoms with van der Waals surface area (Å²) >= 11 is 0. The van der Waals surface area contributed by atoms with Gasteiger partial charge < -0.3 is 9.15 Å². The lowest BCUT2D eigenvalue weighted by Gasteiger charge is -2.22. The van der Waals surface area contributed by atoms with E-state index in [9.17, 15) is 13.2 Å². The van der Waals surface area contributed by atoms with Gasteiger partial charge in [-0.15, -0.1) is 0 Å². The molecule has 0 radical (unpaired) electrons. The van der Waals surface area contributed by atoms with Crippen molar-refractivity contribution in [2.45, 2.75) is 45.1 Å². The van der Waals surface area contributed by atoms with Gasteiger partial charge in [0.05, 0.1) is 11.9 Å². The quantitative estimate of drug-likeness (QED) is 0.882. The third-order valence-corrected chi connectivity index (χ3v) is 4.57. The van der Waals surface area contributed by atoms with Gasteiger partial charge in [0, 0.05) is 12.5 Å². The minimum Gasteiger partial charge on any atom is -0.447 e. The van der Waals surface area contributed by atoms with Gasteiger partial charge in [-0.2, -0.15) is 0 Å². The van der Waals surface area contributed by atoms with Gasteiger partial charge in [-0.05, 0) is 19.3 Å². The van der Waals surface area contributed by atoms with E-state index in [0.717, 1.165) is 19.2 Å². The monoisotopic (exact) mass is 316 g/mol. The van der Waals surface area contributed by atoms with Crippen LogP contribution in [0.5, 0.6) is 0 Å². The van der Waals surface area contributed by atoms with Crippen LogP contribution < -0.4 is 4.72 Å². The van der Waals surface area contributed by atoms with E-state index < -0.39 is 15.9 Å². The molecule has 1 fully saturated rings. The van der Waals surface area contributed by atoms with Crippen LogP contribution in [0.15, 0.2) is 10.8 Å². The Kier molecular flexibility index (Phi) is 5.00. The van der Waals surface area contributed by atoms with Crippen molar-refractivity contribution in [1.82, 2.24) is 9.71 Å². The van der Waals surface area contributed by atoms with Crippen molar-refractivity contribution in [1.29, 1.82) is 0 Å². The number of hydrogen-bond acceptors (Lipinski definition) is 6. The van der Waals surface area contributed by atoms with Crippen LogP contribution in [0.4, 0.5) is 0 Å². The number of rotatable bonds is 5. The van der Waals surface area contributed by atoms with E-state index in [2.05, 4.69) is 4.98 Å². The van der Waals surface area contributed by atoms with Crippen LogP contribution in [0, 0.1) is 0 Å². The van der Waals surface area contributed by atoms with E-state index in [4.69, 9.17) is 9.15 Å². The molecule has 1 saturated heterocycles. The number of amides is 1. The Balaban J connectivity index is 2.02. The van der Waals surface area contributed by atoms with Crippen molar-refractivity contribution >= 4 is 15.9 Å². The number of nitrogens with zero attached hydrogens (tertiary/aromatic N) is 1. The number of hydrogen-bond donors (Lipinski definition) is 1. The zero-order valence-corrected chi connectivity index (χ0v) is 13.0. The zero-order valence-electron chi connectivity index (χ0n) is 12.2. The van der Waals surface area contributed by atoms with Gasteiger partial charge in [0.15, 0.2) is 12.1 Å². The number of ether oxygens (including phenoxy) is 1. The summed E-state index contributed by atoms with van der Waals surface area (Å²) in [6, 6.07) is 0. The molecule has 0 spiro atoms. The van der Waals surface area contributed by atoms with Gasteiger partial charge in [-0.1, -0.05) is 13.8 Å². The molecule has 8 heteroatoms. The van der Waals surface area contributed by atoms with E-state index in [1.807, 2.05) is 18.6 Å². The number of sulfonamides is 1. The van der Waals surface area contributed by atoms with Crippen molar-refractivity contribution in [2.24, 2.45) is 0 Å². The predicted octanol–water partition coefficient (Wildman–Crippen LogP) is 1.43. The molecule has 0 saturated carbocycles. The second-order valence-corrected chi connectivity index (χ2v) is 7.19. The molecule has 1 aliphatic heterocycles. The van der Waals surface area contributed by atoms with Crippen molar-refractivity contribution in [3.05, 3.63) is 17.8 Å². The maximum absolute atomic E-state index is 12.0. The van der Waals surface area contributed by atoms with Crippen LogP contribution in [0.2, 0.25) is 0 Å². The lowest BCUT2D eigenvalue weighted by atomic mass is 10.1. The molecule has 1 N–H and O–H groups in total. The van der Waals surface area contributed by atoms with Crippen LogP contribution >= 0.6 is 0 Å². The number of nitrogens with one attached hydrogen (secondary N) is 1. The smallest absolute Gasteiger partial charge is 0.286 e. The third-order valence-electron chi connectivity index (χ3n) is 3.26. The van der Waals surface area contributed by atoms with Crippen molar-refractivity contribution < 1.29 is 22.4 Å². The third kappa shape index (κ3) is 4.28. The maximum Gasteiger partial charge on any atom is 0.286 e. The number of carbonyl (C=O) groups is 1. The fourth-order valence-electron chi connectivity index (χ4n) is 2.25. The summed E-state index contributed by atoms with van der Waals surface area (Å²) in [6.07, 6.45) is 3.36. The molecular formula is C13H20N2O5S. The van der Waals surface area contributed by atoms with Crippen LogP contribution in [-0.2, 0) is 14.8 Å². The first kappa shape index (κ1) is 16.0. The van der Waals surface area contributed by atoms with Gasteiger partial charge in [0.1, 0.15) is 5.76 Å². The molecule has 0 unspecified atom stereocenters. The second kappa shape index (κ2) is 6.57. The Hall–Kier alpha value is -1.41. The molecule has 2 rings (SSSR count). The Morgan fingerprint density at radius 1 is 1.48 bits per heavy atom. The summed E-state index contributed by atoms with van der Waals surface area (Å²) in [5.74, 6) is -0.661. The largest absolute Gasteiger partial charge is 0.447 e. The highest BCUT2D eigenvalue weighted by Crippen LogP contribution is 2.19. The van der Waals surface area contributed by atoms with E-state index in [0.29, 0.717) is 18.8 Å². The molecule has 21 heavy (non-hydrogen) atoms. The van der Waals surface area contributed by atoms with E-state index >= 15 is 0 Å². The fraction of sp³-hybridized carbons (Fsp3) is 0.692. The fourth-order valence-corrected chi connectivity index (χ4v) is 3.46. The molecular weight excluding hydrogens is 296 g/mol. The van der Waals surface area contributed by atoms with Crippen molar-refractivity contribution in [3.63, 3.8) is 0 Å². The Morgan fingerprint density at radius 3 is 2.86 bits per heavy atom. The molecule has 1 aromatic rings. The second-order valence-electron chi connectivity index (χ2n) is 5.42. The zero-order chi connectivity index (χ0) is 15.5. The van der Waals surface area contributed by atoms with Crippen LogP contribution in [-0.4, -0.2) is 37.8 Å². The summed E-state index contributed by atoms with van der Waals surface area (Å²) < 4.78 is 36.6. The van der Waals surface area contributed by atoms with Gasteiger partial charge in [-0.3, -0.25) is 4.79 Å². The average molecular weight is 316 g/mol. The predicted molar refractivity (Wildman–Crippen MR) is 75.4 cm³/mol. The Morgan fingerprint density at radius 2 is 2.24 bits per heavy atom. The standard InChI is InChI=1S/C13H20N2O5S/c1-9(2)12-11(14-8-20-12)13(16)15-21(17,18)7-10-5-3-4-6-19-10/h8-10H,3-7H2,1-2H3,(H,15,16)/t10-/m0/s1. The topological polar surface area (TPSA) is 98.5 Å². The average Bonchev–Trinajstić information content (AvgIpc) is 2.88. The highest BCUT2D eigenvalue weighted by Gasteiger charge is 2.27. The first-order valence-electron chi connectivity index (χ1n) is 6.99. The van der Waals surface area contributed by atoms with Gasteiger partial charge in [-0.25, -0.2) is 18.1 Å². The summed E-state index contributed by atoms with van der Waals surface area (Å²) in [4.78, 5) is 15.8. The molecule has 1 atom stereocenters. The first-order valence-corrected chi connectivity index (χ1v) is 8.64. The summed E-state index contributed by atoms with van der Waals surface area (Å²) in [5, 5.41) is 0. The molecule has 7 nitrogen and oxygen atoms in total. The number of oxazole rings is 1. The molecule has 118 valence electrons. The SMILES string of the molecule is CC(C)c1ocnc1C(=O)NS(=O)(=O)C[C@@H]1CCCCO1. The molecule has 1 aromatic heterocycles. The maximum atomic E-state index is 12.0. The number of aromatic nitrogens is 1.